The summed E-state index contributed by atoms with van der Waals surface area (Å²) in [5.41, 5.74) is 0.686. The molecule has 0 bridgehead atoms. The lowest BCUT2D eigenvalue weighted by atomic mass is 10.2. The SMILES string of the molecule is Cc1nc(-c2ccc(OS(=O)(=O)c3ccccc3C#N)cc2)no1. The van der Waals surface area contributed by atoms with Gasteiger partial charge in [0.1, 0.15) is 16.7 Å². The molecule has 0 unspecified atom stereocenters. The maximum absolute atomic E-state index is 12.3. The van der Waals surface area contributed by atoms with Crippen molar-refractivity contribution in [3.63, 3.8) is 0 Å². The molecule has 7 nitrogen and oxygen atoms in total. The molecule has 3 aromatic rings. The summed E-state index contributed by atoms with van der Waals surface area (Å²) in [6.07, 6.45) is 0. The summed E-state index contributed by atoms with van der Waals surface area (Å²) in [5, 5.41) is 12.8. The lowest BCUT2D eigenvalue weighted by Crippen LogP contribution is -2.11. The molecule has 0 spiro atoms. The van der Waals surface area contributed by atoms with Gasteiger partial charge in [-0.25, -0.2) is 0 Å². The van der Waals surface area contributed by atoms with E-state index in [4.69, 9.17) is 14.0 Å². The number of rotatable bonds is 4. The Morgan fingerprint density at radius 1 is 1.12 bits per heavy atom. The van der Waals surface area contributed by atoms with E-state index in [9.17, 15) is 8.42 Å². The maximum atomic E-state index is 12.3. The minimum atomic E-state index is -4.10. The first-order chi connectivity index (χ1) is 11.5. The van der Waals surface area contributed by atoms with Crippen LogP contribution >= 0.6 is 0 Å². The molecular weight excluding hydrogens is 330 g/mol. The molecule has 0 saturated heterocycles. The molecule has 0 aliphatic rings. The summed E-state index contributed by atoms with van der Waals surface area (Å²) >= 11 is 0. The molecule has 0 radical (unpaired) electrons. The van der Waals surface area contributed by atoms with Crippen LogP contribution in [0.2, 0.25) is 0 Å². The molecule has 0 aliphatic carbocycles. The van der Waals surface area contributed by atoms with Gasteiger partial charge in [-0.2, -0.15) is 18.7 Å². The van der Waals surface area contributed by atoms with Crippen LogP contribution in [0.15, 0.2) is 57.9 Å². The Morgan fingerprint density at radius 3 is 2.46 bits per heavy atom. The molecule has 24 heavy (non-hydrogen) atoms. The predicted molar refractivity (Wildman–Crippen MR) is 83.4 cm³/mol. The van der Waals surface area contributed by atoms with Gasteiger partial charge in [0.25, 0.3) is 0 Å². The standard InChI is InChI=1S/C16H11N3O4S/c1-11-18-16(19-22-11)12-6-8-14(9-7-12)23-24(20,21)15-5-3-2-4-13(15)10-17/h2-9H,1H3. The van der Waals surface area contributed by atoms with E-state index in [0.29, 0.717) is 17.3 Å². The monoisotopic (exact) mass is 341 g/mol. The quantitative estimate of drug-likeness (QED) is 0.671. The van der Waals surface area contributed by atoms with Gasteiger partial charge in [0.15, 0.2) is 0 Å². The van der Waals surface area contributed by atoms with Gasteiger partial charge in [0.05, 0.1) is 5.56 Å². The van der Waals surface area contributed by atoms with Gasteiger partial charge in [-0.3, -0.25) is 0 Å². The normalized spacial score (nSPS) is 11.0. The zero-order chi connectivity index (χ0) is 17.2. The Balaban J connectivity index is 1.87. The summed E-state index contributed by atoms with van der Waals surface area (Å²) in [6, 6.07) is 13.9. The molecule has 1 aromatic heterocycles. The highest BCUT2D eigenvalue weighted by Gasteiger charge is 2.20. The second-order valence-electron chi connectivity index (χ2n) is 4.81. The largest absolute Gasteiger partial charge is 0.379 e. The van der Waals surface area contributed by atoms with E-state index in [1.807, 2.05) is 6.07 Å². The number of hydrogen-bond donors (Lipinski definition) is 0. The van der Waals surface area contributed by atoms with Gasteiger partial charge in [-0.15, -0.1) is 0 Å². The van der Waals surface area contributed by atoms with E-state index < -0.39 is 10.1 Å². The minimum Gasteiger partial charge on any atom is -0.379 e. The van der Waals surface area contributed by atoms with Crippen LogP contribution in [0.1, 0.15) is 11.5 Å². The van der Waals surface area contributed by atoms with Gasteiger partial charge in [-0.1, -0.05) is 17.3 Å². The highest BCUT2D eigenvalue weighted by Crippen LogP contribution is 2.24. The van der Waals surface area contributed by atoms with E-state index in [-0.39, 0.29) is 16.2 Å². The van der Waals surface area contributed by atoms with Crippen LogP contribution in [0.3, 0.4) is 0 Å². The topological polar surface area (TPSA) is 106 Å². The average Bonchev–Trinajstić information content (AvgIpc) is 3.01. The highest BCUT2D eigenvalue weighted by molar-refractivity contribution is 7.87. The summed E-state index contributed by atoms with van der Waals surface area (Å²) in [6.45, 7) is 1.67. The number of nitrogens with zero attached hydrogens (tertiary/aromatic N) is 3. The molecule has 8 heteroatoms. The summed E-state index contributed by atoms with van der Waals surface area (Å²) in [7, 11) is -4.10. The number of aromatic nitrogens is 2. The molecule has 0 fully saturated rings. The number of benzene rings is 2. The second-order valence-corrected chi connectivity index (χ2v) is 6.32. The number of aryl methyl sites for hydroxylation is 1. The highest BCUT2D eigenvalue weighted by atomic mass is 32.2. The van der Waals surface area contributed by atoms with E-state index in [0.717, 1.165) is 0 Å². The maximum Gasteiger partial charge on any atom is 0.340 e. The van der Waals surface area contributed by atoms with Crippen LogP contribution in [-0.4, -0.2) is 18.6 Å². The number of nitriles is 1. The minimum absolute atomic E-state index is 0.0244. The van der Waals surface area contributed by atoms with E-state index in [1.54, 1.807) is 25.1 Å². The van der Waals surface area contributed by atoms with Crippen molar-refractivity contribution in [1.29, 1.82) is 5.26 Å². The lowest BCUT2D eigenvalue weighted by Gasteiger charge is -2.08. The molecule has 3 rings (SSSR count). The first-order valence-corrected chi connectivity index (χ1v) is 8.25. The number of hydrogen-bond acceptors (Lipinski definition) is 7. The smallest absolute Gasteiger partial charge is 0.340 e. The fourth-order valence-electron chi connectivity index (χ4n) is 2.02. The van der Waals surface area contributed by atoms with Crippen LogP contribution < -0.4 is 4.18 Å². The van der Waals surface area contributed by atoms with Gasteiger partial charge < -0.3 is 8.71 Å². The molecule has 0 atom stereocenters. The fourth-order valence-corrected chi connectivity index (χ4v) is 3.11. The molecule has 120 valence electrons. The molecule has 1 heterocycles. The zero-order valence-corrected chi connectivity index (χ0v) is 13.3. The summed E-state index contributed by atoms with van der Waals surface area (Å²) < 4.78 is 34.6. The van der Waals surface area contributed by atoms with Crippen molar-refractivity contribution in [2.75, 3.05) is 0 Å². The third kappa shape index (κ3) is 3.11. The van der Waals surface area contributed by atoms with Crippen LogP contribution in [0, 0.1) is 18.3 Å². The second kappa shape index (κ2) is 6.14. The zero-order valence-electron chi connectivity index (χ0n) is 12.5. The molecule has 0 aliphatic heterocycles. The van der Waals surface area contributed by atoms with E-state index in [1.165, 1.54) is 30.3 Å². The first-order valence-electron chi connectivity index (χ1n) is 6.84. The third-order valence-electron chi connectivity index (χ3n) is 3.12. The molecule has 2 aromatic carbocycles. The van der Waals surface area contributed by atoms with Crippen molar-refractivity contribution in [3.8, 4) is 23.2 Å². The molecule has 0 saturated carbocycles. The average molecular weight is 341 g/mol. The van der Waals surface area contributed by atoms with Crippen molar-refractivity contribution in [2.24, 2.45) is 0 Å². The lowest BCUT2D eigenvalue weighted by molar-refractivity contribution is 0.394. The predicted octanol–water partition coefficient (Wildman–Crippen LogP) is 2.68. The van der Waals surface area contributed by atoms with Crippen LogP contribution in [0.25, 0.3) is 11.4 Å². The fraction of sp³-hybridized carbons (Fsp3) is 0.0625. The first kappa shape index (κ1) is 15.7. The Bertz CT molecular complexity index is 1020. The van der Waals surface area contributed by atoms with Gasteiger partial charge in [0, 0.05) is 12.5 Å². The van der Waals surface area contributed by atoms with Crippen LogP contribution in [-0.2, 0) is 10.1 Å². The third-order valence-corrected chi connectivity index (χ3v) is 4.43. The van der Waals surface area contributed by atoms with Crippen LogP contribution in [0.4, 0.5) is 0 Å². The van der Waals surface area contributed by atoms with Crippen molar-refractivity contribution >= 4 is 10.1 Å². The van der Waals surface area contributed by atoms with Gasteiger partial charge >= 0.3 is 10.1 Å². The summed E-state index contributed by atoms with van der Waals surface area (Å²) in [4.78, 5) is 3.91. The van der Waals surface area contributed by atoms with Crippen molar-refractivity contribution < 1.29 is 17.1 Å². The van der Waals surface area contributed by atoms with Crippen LogP contribution in [0.5, 0.6) is 5.75 Å². The van der Waals surface area contributed by atoms with Crippen molar-refractivity contribution in [1.82, 2.24) is 10.1 Å². The Kier molecular flexibility index (Phi) is 4.02. The van der Waals surface area contributed by atoms with Crippen molar-refractivity contribution in [2.45, 2.75) is 11.8 Å². The Labute approximate surface area is 138 Å². The van der Waals surface area contributed by atoms with Crippen molar-refractivity contribution in [3.05, 3.63) is 60.0 Å². The Morgan fingerprint density at radius 2 is 1.83 bits per heavy atom. The van der Waals surface area contributed by atoms with E-state index >= 15 is 0 Å². The molecular formula is C16H11N3O4S. The molecule has 0 N–H and O–H groups in total. The molecule has 0 amide bonds. The van der Waals surface area contributed by atoms with Gasteiger partial charge in [-0.05, 0) is 36.4 Å². The van der Waals surface area contributed by atoms with E-state index in [2.05, 4.69) is 10.1 Å². The summed E-state index contributed by atoms with van der Waals surface area (Å²) in [5.74, 6) is 0.949. The Hall–Kier alpha value is -3.18. The van der Waals surface area contributed by atoms with Gasteiger partial charge in [0.2, 0.25) is 11.7 Å².